The van der Waals surface area contributed by atoms with E-state index >= 15 is 0 Å². The van der Waals surface area contributed by atoms with Gasteiger partial charge in [-0.15, -0.1) is 0 Å². The number of ether oxygens (including phenoxy) is 1. The van der Waals surface area contributed by atoms with Gasteiger partial charge in [-0.1, -0.05) is 0 Å². The molecule has 0 saturated carbocycles. The van der Waals surface area contributed by atoms with E-state index in [-0.39, 0.29) is 17.9 Å². The first-order valence-corrected chi connectivity index (χ1v) is 6.37. The van der Waals surface area contributed by atoms with Crippen molar-refractivity contribution in [1.29, 1.82) is 0 Å². The first-order valence-electron chi connectivity index (χ1n) is 6.37. The molecule has 0 atom stereocenters. The summed E-state index contributed by atoms with van der Waals surface area (Å²) in [5.74, 6) is -3.07. The largest absolute Gasteiger partial charge is 0.456 e. The molecule has 0 aliphatic carbocycles. The van der Waals surface area contributed by atoms with Crippen LogP contribution in [-0.4, -0.2) is 15.7 Å². The highest BCUT2D eigenvalue weighted by molar-refractivity contribution is 5.95. The van der Waals surface area contributed by atoms with Gasteiger partial charge in [0.1, 0.15) is 6.61 Å². The first-order chi connectivity index (χ1) is 9.92. The van der Waals surface area contributed by atoms with Gasteiger partial charge in [0.15, 0.2) is 11.6 Å². The molecule has 7 heteroatoms. The van der Waals surface area contributed by atoms with Gasteiger partial charge >= 0.3 is 5.97 Å². The van der Waals surface area contributed by atoms with E-state index in [4.69, 9.17) is 10.5 Å². The zero-order valence-electron chi connectivity index (χ0n) is 11.7. The Morgan fingerprint density at radius 1 is 1.33 bits per heavy atom. The lowest BCUT2D eigenvalue weighted by Gasteiger charge is -2.08. The van der Waals surface area contributed by atoms with Crippen molar-refractivity contribution in [1.82, 2.24) is 9.78 Å². The summed E-state index contributed by atoms with van der Waals surface area (Å²) in [6.45, 7) is 4.34. The number of nitrogen functional groups attached to an aromatic ring is 1. The maximum atomic E-state index is 13.2. The molecule has 2 aromatic rings. The number of halogens is 2. The van der Waals surface area contributed by atoms with Gasteiger partial charge in [-0.05, 0) is 26.0 Å². The summed E-state index contributed by atoms with van der Waals surface area (Å²) >= 11 is 0. The van der Waals surface area contributed by atoms with Gasteiger partial charge < -0.3 is 10.5 Å². The summed E-state index contributed by atoms with van der Waals surface area (Å²) in [5, 5.41) is 4.21. The van der Waals surface area contributed by atoms with Crippen LogP contribution >= 0.6 is 0 Å². The third kappa shape index (κ3) is 3.18. The van der Waals surface area contributed by atoms with Gasteiger partial charge in [-0.2, -0.15) is 5.10 Å². The fourth-order valence-electron chi connectivity index (χ4n) is 1.95. The summed E-state index contributed by atoms with van der Waals surface area (Å²) in [6.07, 6.45) is 0. The van der Waals surface area contributed by atoms with E-state index in [9.17, 15) is 13.6 Å². The topological polar surface area (TPSA) is 70.1 Å². The van der Waals surface area contributed by atoms with Crippen LogP contribution in [0, 0.1) is 18.6 Å². The molecule has 0 amide bonds. The highest BCUT2D eigenvalue weighted by Crippen LogP contribution is 2.18. The number of carbonyl (C=O) groups excluding carboxylic acids is 1. The molecular weight excluding hydrogens is 280 g/mol. The molecule has 0 saturated heterocycles. The molecule has 0 spiro atoms. The highest BCUT2D eigenvalue weighted by atomic mass is 19.2. The number of nitrogens with two attached hydrogens (primary N) is 1. The number of aromatic nitrogens is 2. The van der Waals surface area contributed by atoms with E-state index in [0.29, 0.717) is 12.2 Å². The zero-order valence-corrected chi connectivity index (χ0v) is 11.7. The molecule has 1 heterocycles. The minimum Gasteiger partial charge on any atom is -0.456 e. The minimum atomic E-state index is -1.15. The third-order valence-corrected chi connectivity index (χ3v) is 2.95. The molecule has 0 unspecified atom stereocenters. The van der Waals surface area contributed by atoms with Crippen LogP contribution < -0.4 is 5.73 Å². The van der Waals surface area contributed by atoms with Crippen molar-refractivity contribution in [2.75, 3.05) is 5.73 Å². The number of hydrogen-bond acceptors (Lipinski definition) is 4. The molecular formula is C14H15F2N3O2. The van der Waals surface area contributed by atoms with Crippen LogP contribution in [0.25, 0.3) is 0 Å². The second kappa shape index (κ2) is 5.90. The Morgan fingerprint density at radius 3 is 2.67 bits per heavy atom. The van der Waals surface area contributed by atoms with Crippen molar-refractivity contribution in [2.24, 2.45) is 0 Å². The summed E-state index contributed by atoms with van der Waals surface area (Å²) in [7, 11) is 0. The van der Waals surface area contributed by atoms with E-state index < -0.39 is 17.6 Å². The van der Waals surface area contributed by atoms with E-state index in [2.05, 4.69) is 5.10 Å². The fourth-order valence-corrected chi connectivity index (χ4v) is 1.95. The van der Waals surface area contributed by atoms with Crippen molar-refractivity contribution in [2.45, 2.75) is 27.0 Å². The number of carbonyl (C=O) groups is 1. The molecule has 0 aliphatic rings. The quantitative estimate of drug-likeness (QED) is 0.694. The zero-order chi connectivity index (χ0) is 15.6. The van der Waals surface area contributed by atoms with E-state index in [1.165, 1.54) is 0 Å². The molecule has 2 N–H and O–H groups in total. The van der Waals surface area contributed by atoms with Gasteiger partial charge in [-0.3, -0.25) is 4.68 Å². The Balaban J connectivity index is 2.13. The van der Waals surface area contributed by atoms with Crippen molar-refractivity contribution >= 4 is 11.7 Å². The lowest BCUT2D eigenvalue weighted by molar-refractivity contribution is 0.0463. The highest BCUT2D eigenvalue weighted by Gasteiger charge is 2.16. The summed E-state index contributed by atoms with van der Waals surface area (Å²) in [6, 6.07) is 3.27. The van der Waals surface area contributed by atoms with Crippen molar-refractivity contribution in [3.8, 4) is 0 Å². The normalized spacial score (nSPS) is 10.7. The molecule has 1 aromatic carbocycles. The van der Waals surface area contributed by atoms with Crippen LogP contribution in [0.3, 0.4) is 0 Å². The van der Waals surface area contributed by atoms with Crippen LogP contribution in [0.5, 0.6) is 0 Å². The van der Waals surface area contributed by atoms with Crippen molar-refractivity contribution < 1.29 is 18.3 Å². The van der Waals surface area contributed by atoms with E-state index in [1.54, 1.807) is 10.7 Å². The maximum absolute atomic E-state index is 13.2. The SMILES string of the molecule is CCn1nc(C)cc1COC(=O)c1cc(F)c(F)cc1N. The maximum Gasteiger partial charge on any atom is 0.340 e. The van der Waals surface area contributed by atoms with Gasteiger partial charge in [0.05, 0.1) is 17.0 Å². The Labute approximate surface area is 120 Å². The number of benzene rings is 1. The van der Waals surface area contributed by atoms with Crippen LogP contribution in [-0.2, 0) is 17.9 Å². The smallest absolute Gasteiger partial charge is 0.340 e. The molecule has 0 radical (unpaired) electrons. The number of esters is 1. The summed E-state index contributed by atoms with van der Waals surface area (Å²) in [5.41, 5.74) is 6.64. The van der Waals surface area contributed by atoms with E-state index in [1.807, 2.05) is 13.8 Å². The van der Waals surface area contributed by atoms with E-state index in [0.717, 1.165) is 17.8 Å². The Morgan fingerprint density at radius 2 is 2.00 bits per heavy atom. The predicted octanol–water partition coefficient (Wildman–Crippen LogP) is 2.43. The number of anilines is 1. The number of hydrogen-bond donors (Lipinski definition) is 1. The molecule has 2 rings (SSSR count). The number of nitrogens with zero attached hydrogens (tertiary/aromatic N) is 2. The summed E-state index contributed by atoms with van der Waals surface area (Å²) in [4.78, 5) is 11.9. The molecule has 0 aliphatic heterocycles. The van der Waals surface area contributed by atoms with Crippen LogP contribution in [0.4, 0.5) is 14.5 Å². The fraction of sp³-hybridized carbons (Fsp3) is 0.286. The monoisotopic (exact) mass is 295 g/mol. The lowest BCUT2D eigenvalue weighted by atomic mass is 10.1. The second-order valence-electron chi connectivity index (χ2n) is 4.52. The standard InChI is InChI=1S/C14H15F2N3O2/c1-3-19-9(4-8(2)18-19)7-21-14(20)10-5-11(15)12(16)6-13(10)17/h4-6H,3,7,17H2,1-2H3. The third-order valence-electron chi connectivity index (χ3n) is 2.95. The predicted molar refractivity (Wildman–Crippen MR) is 72.5 cm³/mol. The summed E-state index contributed by atoms with van der Waals surface area (Å²) < 4.78 is 32.9. The Hall–Kier alpha value is -2.44. The molecule has 1 aromatic heterocycles. The first kappa shape index (κ1) is 15.0. The van der Waals surface area contributed by atoms with Gasteiger partial charge in [0.2, 0.25) is 0 Å². The molecule has 112 valence electrons. The Kier molecular flexibility index (Phi) is 4.21. The molecule has 0 bridgehead atoms. The average molecular weight is 295 g/mol. The van der Waals surface area contributed by atoms with Crippen molar-refractivity contribution in [3.63, 3.8) is 0 Å². The second-order valence-corrected chi connectivity index (χ2v) is 4.52. The number of aryl methyl sites for hydroxylation is 2. The average Bonchev–Trinajstić information content (AvgIpc) is 2.80. The van der Waals surface area contributed by atoms with Gasteiger partial charge in [-0.25, -0.2) is 13.6 Å². The van der Waals surface area contributed by atoms with Crippen LogP contribution in [0.2, 0.25) is 0 Å². The lowest BCUT2D eigenvalue weighted by Crippen LogP contribution is -2.12. The molecule has 5 nitrogen and oxygen atoms in total. The van der Waals surface area contributed by atoms with Crippen LogP contribution in [0.15, 0.2) is 18.2 Å². The molecule has 0 fully saturated rings. The molecule has 21 heavy (non-hydrogen) atoms. The Bertz CT molecular complexity index is 683. The van der Waals surface area contributed by atoms with Gasteiger partial charge in [0.25, 0.3) is 0 Å². The van der Waals surface area contributed by atoms with Gasteiger partial charge in [0, 0.05) is 18.3 Å². The van der Waals surface area contributed by atoms with Crippen LogP contribution in [0.1, 0.15) is 28.7 Å². The minimum absolute atomic E-state index is 0.0219. The van der Waals surface area contributed by atoms with Crippen molar-refractivity contribution in [3.05, 3.63) is 46.8 Å². The number of rotatable bonds is 4.